The van der Waals surface area contributed by atoms with Crippen molar-refractivity contribution in [3.63, 3.8) is 0 Å². The van der Waals surface area contributed by atoms with Crippen molar-refractivity contribution in [2.75, 3.05) is 4.90 Å². The van der Waals surface area contributed by atoms with Crippen molar-refractivity contribution in [2.24, 2.45) is 17.8 Å². The third kappa shape index (κ3) is 5.98. The zero-order chi connectivity index (χ0) is 34.2. The first-order valence-corrected chi connectivity index (χ1v) is 18.4. The monoisotopic (exact) mass is 650 g/mol. The Balaban J connectivity index is 1.49. The van der Waals surface area contributed by atoms with Crippen molar-refractivity contribution in [1.82, 2.24) is 4.98 Å². The van der Waals surface area contributed by atoms with Gasteiger partial charge in [0.2, 0.25) is 0 Å². The van der Waals surface area contributed by atoms with Gasteiger partial charge in [0.25, 0.3) is 0 Å². The maximum Gasteiger partial charge on any atom is 0.134 e. The van der Waals surface area contributed by atoms with E-state index in [1.807, 2.05) is 0 Å². The molecular weight excluding hydrogens is 605 g/mol. The second kappa shape index (κ2) is 13.6. The molecule has 8 rings (SSSR count). The van der Waals surface area contributed by atoms with Crippen LogP contribution in [0.25, 0.3) is 34.4 Å². The fourth-order valence-corrected chi connectivity index (χ4v) is 8.29. The predicted molar refractivity (Wildman–Crippen MR) is 212 cm³/mol. The van der Waals surface area contributed by atoms with Crippen LogP contribution in [0.15, 0.2) is 156 Å². The van der Waals surface area contributed by atoms with Crippen LogP contribution in [0.4, 0.5) is 5.82 Å². The van der Waals surface area contributed by atoms with E-state index in [-0.39, 0.29) is 6.04 Å². The van der Waals surface area contributed by atoms with Crippen LogP contribution in [0.2, 0.25) is 0 Å². The summed E-state index contributed by atoms with van der Waals surface area (Å²) in [5.74, 6) is 2.11. The van der Waals surface area contributed by atoms with Gasteiger partial charge in [0, 0.05) is 11.5 Å². The number of allylic oxidation sites excluding steroid dienone is 11. The lowest BCUT2D eigenvalue weighted by molar-refractivity contribution is 0.697. The average Bonchev–Trinajstić information content (AvgIpc) is 3.20. The molecule has 3 aliphatic carbocycles. The number of hydrogen-bond acceptors (Lipinski definition) is 2. The fraction of sp³-hybridized carbons (Fsp3) is 0.229. The van der Waals surface area contributed by atoms with Crippen LogP contribution in [0, 0.1) is 17.8 Å². The number of anilines is 1. The zero-order valence-electron chi connectivity index (χ0n) is 29.7. The number of hydrogen-bond donors (Lipinski definition) is 0. The lowest BCUT2D eigenvalue weighted by Gasteiger charge is -2.40. The first-order valence-electron chi connectivity index (χ1n) is 18.4. The SMILES string of the molecule is CC(C)C1=C2C(c3ccccc3)=C3C(=CC2CC=C1)C/C=c1/cccc/c1=C/C(C)N3c1cc(-c2ccccc2)cc(C2=CC=CCC2C)n1. The van der Waals surface area contributed by atoms with Crippen molar-refractivity contribution in [2.45, 2.75) is 53.0 Å². The van der Waals surface area contributed by atoms with E-state index in [0.29, 0.717) is 17.8 Å². The molecule has 2 heteroatoms. The van der Waals surface area contributed by atoms with Crippen LogP contribution >= 0.6 is 0 Å². The quantitative estimate of drug-likeness (QED) is 0.214. The van der Waals surface area contributed by atoms with Crippen LogP contribution in [0.5, 0.6) is 0 Å². The molecule has 4 aliphatic rings. The smallest absolute Gasteiger partial charge is 0.134 e. The van der Waals surface area contributed by atoms with Crippen molar-refractivity contribution in [3.05, 3.63) is 178 Å². The molecule has 0 radical (unpaired) electrons. The molecule has 1 aromatic heterocycles. The van der Waals surface area contributed by atoms with E-state index in [2.05, 4.69) is 178 Å². The number of aromatic nitrogens is 1. The van der Waals surface area contributed by atoms with Gasteiger partial charge in [0.05, 0.1) is 17.4 Å². The maximum absolute atomic E-state index is 5.65. The molecule has 3 aromatic carbocycles. The number of benzene rings is 3. The third-order valence-electron chi connectivity index (χ3n) is 10.8. The highest BCUT2D eigenvalue weighted by molar-refractivity contribution is 5.92. The Bertz CT molecular complexity index is 2240. The van der Waals surface area contributed by atoms with E-state index in [4.69, 9.17) is 4.98 Å². The van der Waals surface area contributed by atoms with Gasteiger partial charge in [-0.25, -0.2) is 4.98 Å². The van der Waals surface area contributed by atoms with Crippen molar-refractivity contribution in [1.29, 1.82) is 0 Å². The Morgan fingerprint density at radius 2 is 1.46 bits per heavy atom. The predicted octanol–water partition coefficient (Wildman–Crippen LogP) is 10.5. The zero-order valence-corrected chi connectivity index (χ0v) is 29.7. The summed E-state index contributed by atoms with van der Waals surface area (Å²) >= 11 is 0. The van der Waals surface area contributed by atoms with Crippen LogP contribution in [0.1, 0.15) is 58.2 Å². The highest BCUT2D eigenvalue weighted by atomic mass is 15.2. The second-order valence-corrected chi connectivity index (χ2v) is 14.5. The Kier molecular flexibility index (Phi) is 8.71. The molecule has 50 heavy (non-hydrogen) atoms. The summed E-state index contributed by atoms with van der Waals surface area (Å²) in [5.41, 5.74) is 12.9. The van der Waals surface area contributed by atoms with Crippen molar-refractivity contribution < 1.29 is 0 Å². The molecule has 0 N–H and O–H groups in total. The third-order valence-corrected chi connectivity index (χ3v) is 10.8. The van der Waals surface area contributed by atoms with Crippen LogP contribution < -0.4 is 15.3 Å². The minimum Gasteiger partial charge on any atom is -0.319 e. The molecule has 0 saturated heterocycles. The molecule has 2 heterocycles. The van der Waals surface area contributed by atoms with Gasteiger partial charge in [-0.1, -0.05) is 154 Å². The molecule has 0 saturated carbocycles. The van der Waals surface area contributed by atoms with E-state index in [0.717, 1.165) is 30.8 Å². The standard InChI is InChI=1S/C48H46N2/c1-32(2)42-25-15-23-39-29-40-27-26-36-19-12-13-22-38(36)28-34(4)50(48(40)47(46(39)42)37-20-9-6-10-21-37)45-31-41(35-17-7-5-8-18-35)30-44(49-45)43-24-14-11-16-33(43)3/h5-15,17-22,24-26,28-34,39H,16,23,27H2,1-4H3/b36-26-,38-28-. The molecule has 2 nitrogen and oxygen atoms in total. The molecule has 248 valence electrons. The largest absolute Gasteiger partial charge is 0.319 e. The molecule has 4 aromatic rings. The molecule has 1 aliphatic heterocycles. The minimum atomic E-state index is 0.0163. The van der Waals surface area contributed by atoms with Crippen molar-refractivity contribution >= 4 is 29.1 Å². The molecule has 3 unspecified atom stereocenters. The second-order valence-electron chi connectivity index (χ2n) is 14.5. The van der Waals surface area contributed by atoms with Crippen molar-refractivity contribution in [3.8, 4) is 11.1 Å². The summed E-state index contributed by atoms with van der Waals surface area (Å²) in [5, 5.41) is 2.55. The average molecular weight is 651 g/mol. The molecule has 0 spiro atoms. The van der Waals surface area contributed by atoms with E-state index in [9.17, 15) is 0 Å². The summed E-state index contributed by atoms with van der Waals surface area (Å²) in [6, 6.07) is 35.5. The molecule has 0 amide bonds. The minimum absolute atomic E-state index is 0.0163. The van der Waals surface area contributed by atoms with E-state index in [1.165, 1.54) is 60.7 Å². The molecule has 0 bridgehead atoms. The number of nitrogens with zero attached hydrogens (tertiary/aromatic N) is 2. The van der Waals surface area contributed by atoms with Gasteiger partial charge in [-0.2, -0.15) is 0 Å². The summed E-state index contributed by atoms with van der Waals surface area (Å²) in [6.07, 6.45) is 21.9. The molecule has 0 fully saturated rings. The number of fused-ring (bicyclic) bond motifs is 3. The number of pyridine rings is 1. The summed E-state index contributed by atoms with van der Waals surface area (Å²) < 4.78 is 0. The van der Waals surface area contributed by atoms with Gasteiger partial charge in [-0.15, -0.1) is 0 Å². The normalized spacial score (nSPS) is 22.9. The van der Waals surface area contributed by atoms with Gasteiger partial charge in [0.1, 0.15) is 5.82 Å². The lowest BCUT2D eigenvalue weighted by atomic mass is 9.71. The fourth-order valence-electron chi connectivity index (χ4n) is 8.29. The van der Waals surface area contributed by atoms with E-state index in [1.54, 1.807) is 0 Å². The Morgan fingerprint density at radius 1 is 0.740 bits per heavy atom. The number of rotatable bonds is 5. The molecule has 3 atom stereocenters. The van der Waals surface area contributed by atoms with Gasteiger partial charge in [-0.05, 0) is 99.6 Å². The van der Waals surface area contributed by atoms with Crippen LogP contribution in [-0.2, 0) is 0 Å². The summed E-state index contributed by atoms with van der Waals surface area (Å²) in [6.45, 7) is 9.35. The van der Waals surface area contributed by atoms with Crippen LogP contribution in [-0.4, -0.2) is 11.0 Å². The van der Waals surface area contributed by atoms with Crippen LogP contribution in [0.3, 0.4) is 0 Å². The maximum atomic E-state index is 5.65. The lowest BCUT2D eigenvalue weighted by Crippen LogP contribution is -2.37. The molecular formula is C48H46N2. The first kappa shape index (κ1) is 32.0. The van der Waals surface area contributed by atoms with Gasteiger partial charge >= 0.3 is 0 Å². The highest BCUT2D eigenvalue weighted by Gasteiger charge is 2.36. The first-order chi connectivity index (χ1) is 24.5. The van der Waals surface area contributed by atoms with Gasteiger partial charge in [-0.3, -0.25) is 0 Å². The Morgan fingerprint density at radius 3 is 2.20 bits per heavy atom. The summed E-state index contributed by atoms with van der Waals surface area (Å²) in [7, 11) is 0. The highest BCUT2D eigenvalue weighted by Crippen LogP contribution is 2.49. The summed E-state index contributed by atoms with van der Waals surface area (Å²) in [4.78, 5) is 8.22. The van der Waals surface area contributed by atoms with E-state index < -0.39 is 0 Å². The topological polar surface area (TPSA) is 16.1 Å². The van der Waals surface area contributed by atoms with Gasteiger partial charge in [0.15, 0.2) is 0 Å². The van der Waals surface area contributed by atoms with E-state index >= 15 is 0 Å². The Labute approximate surface area is 297 Å². The Hall–Kier alpha value is -5.21. The van der Waals surface area contributed by atoms with Gasteiger partial charge < -0.3 is 4.90 Å².